The van der Waals surface area contributed by atoms with Crippen LogP contribution in [0, 0.1) is 11.8 Å². The van der Waals surface area contributed by atoms with E-state index in [1.54, 1.807) is 7.11 Å². The van der Waals surface area contributed by atoms with Crippen LogP contribution in [0.5, 0.6) is 11.5 Å². The highest BCUT2D eigenvalue weighted by Gasteiger charge is 2.46. The highest BCUT2D eigenvalue weighted by molar-refractivity contribution is 5.44. The molecule has 2 unspecified atom stereocenters. The Hall–Kier alpha value is -1.22. The lowest BCUT2D eigenvalue weighted by Crippen LogP contribution is -2.46. The third-order valence-corrected chi connectivity index (χ3v) is 5.67. The summed E-state index contributed by atoms with van der Waals surface area (Å²) in [6.07, 6.45) is 8.84. The zero-order chi connectivity index (χ0) is 14.4. The minimum Gasteiger partial charge on any atom is -0.497 e. The predicted molar refractivity (Wildman–Crippen MR) is 82.6 cm³/mol. The van der Waals surface area contributed by atoms with Crippen LogP contribution in [-0.2, 0) is 0 Å². The fraction of sp³-hybridized carbons (Fsp3) is 0.667. The van der Waals surface area contributed by atoms with E-state index in [1.165, 1.54) is 32.1 Å². The lowest BCUT2D eigenvalue weighted by molar-refractivity contribution is -0.0208. The summed E-state index contributed by atoms with van der Waals surface area (Å²) in [5.74, 6) is 3.63. The van der Waals surface area contributed by atoms with Crippen LogP contribution in [0.15, 0.2) is 18.2 Å². The zero-order valence-electron chi connectivity index (χ0n) is 12.8. The third-order valence-electron chi connectivity index (χ3n) is 5.67. The summed E-state index contributed by atoms with van der Waals surface area (Å²) < 4.78 is 11.9. The van der Waals surface area contributed by atoms with Gasteiger partial charge in [0.05, 0.1) is 7.11 Å². The summed E-state index contributed by atoms with van der Waals surface area (Å²) in [6, 6.07) is 6.15. The highest BCUT2D eigenvalue weighted by Crippen LogP contribution is 2.52. The van der Waals surface area contributed by atoms with Crippen LogP contribution < -0.4 is 15.2 Å². The molecule has 3 heteroatoms. The van der Waals surface area contributed by atoms with E-state index in [1.807, 2.05) is 12.1 Å². The molecule has 3 aliphatic rings. The summed E-state index contributed by atoms with van der Waals surface area (Å²) in [6.45, 7) is 0. The second-order valence-electron chi connectivity index (χ2n) is 7.19. The summed E-state index contributed by atoms with van der Waals surface area (Å²) in [5, 5.41) is 0. The van der Waals surface area contributed by atoms with Crippen molar-refractivity contribution < 1.29 is 9.47 Å². The average molecular weight is 287 g/mol. The van der Waals surface area contributed by atoms with Crippen LogP contribution in [0.25, 0.3) is 0 Å². The predicted octanol–water partition coefficient (Wildman–Crippen LogP) is 3.82. The Kier molecular flexibility index (Phi) is 3.14. The molecule has 1 heterocycles. The zero-order valence-corrected chi connectivity index (χ0v) is 12.8. The van der Waals surface area contributed by atoms with Crippen molar-refractivity contribution in [3.05, 3.63) is 23.8 Å². The maximum atomic E-state index is 6.52. The monoisotopic (exact) mass is 287 g/mol. The second-order valence-corrected chi connectivity index (χ2v) is 7.19. The van der Waals surface area contributed by atoms with Crippen molar-refractivity contribution >= 4 is 0 Å². The second kappa shape index (κ2) is 4.91. The van der Waals surface area contributed by atoms with Crippen LogP contribution in [0.3, 0.4) is 0 Å². The van der Waals surface area contributed by atoms with Gasteiger partial charge in [0, 0.05) is 24.1 Å². The number of methoxy groups -OCH3 is 1. The summed E-state index contributed by atoms with van der Waals surface area (Å²) in [4.78, 5) is 0. The molecule has 2 saturated carbocycles. The first kappa shape index (κ1) is 13.4. The van der Waals surface area contributed by atoms with Crippen molar-refractivity contribution in [3.8, 4) is 11.5 Å². The van der Waals surface area contributed by atoms with E-state index < -0.39 is 0 Å². The molecular weight excluding hydrogens is 262 g/mol. The summed E-state index contributed by atoms with van der Waals surface area (Å²) in [5.41, 5.74) is 7.57. The van der Waals surface area contributed by atoms with E-state index in [9.17, 15) is 0 Å². The van der Waals surface area contributed by atoms with Gasteiger partial charge in [-0.1, -0.05) is 6.07 Å². The minimum atomic E-state index is -0.0235. The highest BCUT2D eigenvalue weighted by atomic mass is 16.5. The van der Waals surface area contributed by atoms with E-state index >= 15 is 0 Å². The molecule has 3 nitrogen and oxygen atoms in total. The first-order chi connectivity index (χ1) is 10.2. The van der Waals surface area contributed by atoms with Gasteiger partial charge in [0.1, 0.15) is 17.1 Å². The van der Waals surface area contributed by atoms with Crippen LogP contribution in [-0.4, -0.2) is 12.7 Å². The first-order valence-electron chi connectivity index (χ1n) is 8.32. The minimum absolute atomic E-state index is 0.0235. The summed E-state index contributed by atoms with van der Waals surface area (Å²) in [7, 11) is 1.70. The number of ether oxygens (including phenoxy) is 2. The third kappa shape index (κ3) is 2.42. The molecule has 114 valence electrons. The van der Waals surface area contributed by atoms with Crippen molar-refractivity contribution in [2.24, 2.45) is 17.6 Å². The van der Waals surface area contributed by atoms with Crippen molar-refractivity contribution in [1.29, 1.82) is 0 Å². The van der Waals surface area contributed by atoms with Gasteiger partial charge in [-0.2, -0.15) is 0 Å². The van der Waals surface area contributed by atoms with Crippen LogP contribution in [0.4, 0.5) is 0 Å². The van der Waals surface area contributed by atoms with Gasteiger partial charge in [0.15, 0.2) is 0 Å². The molecule has 2 N–H and O–H groups in total. The van der Waals surface area contributed by atoms with Gasteiger partial charge in [-0.05, 0) is 56.4 Å². The first-order valence-corrected chi connectivity index (χ1v) is 8.32. The molecule has 2 fully saturated rings. The normalized spacial score (nSPS) is 35.1. The lowest BCUT2D eigenvalue weighted by Gasteiger charge is -2.46. The lowest BCUT2D eigenvalue weighted by atomic mass is 9.71. The molecule has 0 amide bonds. The number of fused-ring (bicyclic) bond motifs is 1. The van der Waals surface area contributed by atoms with Crippen LogP contribution in [0.1, 0.15) is 56.6 Å². The Morgan fingerprint density at radius 1 is 1.19 bits per heavy atom. The molecule has 0 saturated heterocycles. The number of rotatable bonds is 2. The fourth-order valence-electron chi connectivity index (χ4n) is 4.44. The van der Waals surface area contributed by atoms with Crippen molar-refractivity contribution in [3.63, 3.8) is 0 Å². The van der Waals surface area contributed by atoms with Gasteiger partial charge in [0.25, 0.3) is 0 Å². The van der Waals surface area contributed by atoms with Crippen molar-refractivity contribution in [1.82, 2.24) is 0 Å². The molecule has 1 aromatic carbocycles. The number of nitrogens with two attached hydrogens (primary N) is 1. The van der Waals surface area contributed by atoms with Gasteiger partial charge in [0.2, 0.25) is 0 Å². The van der Waals surface area contributed by atoms with Gasteiger partial charge >= 0.3 is 0 Å². The Labute approximate surface area is 126 Å². The van der Waals surface area contributed by atoms with E-state index in [-0.39, 0.29) is 11.6 Å². The Morgan fingerprint density at radius 3 is 2.81 bits per heavy atom. The molecular formula is C18H25NO2. The molecule has 1 aromatic rings. The molecule has 0 aromatic heterocycles. The number of benzene rings is 1. The summed E-state index contributed by atoms with van der Waals surface area (Å²) >= 11 is 0. The van der Waals surface area contributed by atoms with Crippen LogP contribution >= 0.6 is 0 Å². The van der Waals surface area contributed by atoms with E-state index in [4.69, 9.17) is 15.2 Å². The smallest absolute Gasteiger partial charge is 0.128 e. The number of hydrogen-bond acceptors (Lipinski definition) is 3. The van der Waals surface area contributed by atoms with E-state index in [2.05, 4.69) is 6.07 Å². The van der Waals surface area contributed by atoms with E-state index in [0.29, 0.717) is 0 Å². The van der Waals surface area contributed by atoms with Crippen molar-refractivity contribution in [2.45, 2.75) is 56.6 Å². The Balaban J connectivity index is 1.62. The quantitative estimate of drug-likeness (QED) is 0.899. The Morgan fingerprint density at radius 2 is 2.05 bits per heavy atom. The molecule has 0 bridgehead atoms. The standard InChI is InChI=1S/C18H25NO2/c1-20-14-6-7-15-16(19)11-18(21-17(15)9-14)8-2-3-13(10-18)12-4-5-12/h6-7,9,12-13,16H,2-5,8,10-11,19H2,1H3/t13?,16-,18?/m1/s1. The molecule has 2 aliphatic carbocycles. The molecule has 1 spiro atoms. The van der Waals surface area contributed by atoms with E-state index in [0.717, 1.165) is 41.7 Å². The molecule has 3 atom stereocenters. The van der Waals surface area contributed by atoms with Gasteiger partial charge in [-0.25, -0.2) is 0 Å². The maximum Gasteiger partial charge on any atom is 0.128 e. The van der Waals surface area contributed by atoms with Crippen molar-refractivity contribution in [2.75, 3.05) is 7.11 Å². The molecule has 4 rings (SSSR count). The molecule has 0 radical (unpaired) electrons. The maximum absolute atomic E-state index is 6.52. The molecule has 21 heavy (non-hydrogen) atoms. The largest absolute Gasteiger partial charge is 0.497 e. The molecule has 1 aliphatic heterocycles. The Bertz CT molecular complexity index is 540. The number of hydrogen-bond donors (Lipinski definition) is 1. The van der Waals surface area contributed by atoms with Gasteiger partial charge < -0.3 is 15.2 Å². The SMILES string of the molecule is COc1ccc2c(c1)OC1(CCCC(C3CC3)C1)C[C@H]2N. The van der Waals surface area contributed by atoms with Gasteiger partial charge in [-0.15, -0.1) is 0 Å². The van der Waals surface area contributed by atoms with Crippen LogP contribution in [0.2, 0.25) is 0 Å². The fourth-order valence-corrected chi connectivity index (χ4v) is 4.44. The average Bonchev–Trinajstić information content (AvgIpc) is 3.31. The topological polar surface area (TPSA) is 44.5 Å². The van der Waals surface area contributed by atoms with Gasteiger partial charge in [-0.3, -0.25) is 0 Å².